The molecular formula is C81H85N9O13. The molecule has 9 aromatic carbocycles. The summed E-state index contributed by atoms with van der Waals surface area (Å²) in [5, 5.41) is 13.4. The zero-order chi connectivity index (χ0) is 70.7. The highest BCUT2D eigenvalue weighted by molar-refractivity contribution is 5.21. The van der Waals surface area contributed by atoms with Crippen LogP contribution in [0.25, 0.3) is 31.3 Å². The van der Waals surface area contributed by atoms with Crippen molar-refractivity contribution in [3.05, 3.63) is 354 Å². The Morgan fingerprint density at radius 3 is 1.02 bits per heavy atom. The molecule has 0 amide bonds. The Labute approximate surface area is 600 Å². The fraction of sp³-hybridized carbons (Fsp3) is 0.333. The zero-order valence-corrected chi connectivity index (χ0v) is 57.1. The lowest BCUT2D eigenvalue weighted by atomic mass is 9.94. The summed E-state index contributed by atoms with van der Waals surface area (Å²) in [7, 11) is 0. The van der Waals surface area contributed by atoms with Crippen LogP contribution >= 0.6 is 0 Å². The summed E-state index contributed by atoms with van der Waals surface area (Å²) in [6.45, 7) is 0.372. The third kappa shape index (κ3) is 23.2. The molecule has 0 aliphatic carbocycles. The van der Waals surface area contributed by atoms with Gasteiger partial charge in [0.15, 0.2) is 12.6 Å². The van der Waals surface area contributed by atoms with Crippen LogP contribution < -0.4 is 0 Å². The summed E-state index contributed by atoms with van der Waals surface area (Å²) in [4.78, 5) is 10.3. The van der Waals surface area contributed by atoms with Crippen LogP contribution in [0.5, 0.6) is 0 Å². The number of hydrogen-bond donors (Lipinski definition) is 0. The van der Waals surface area contributed by atoms with Gasteiger partial charge in [0.05, 0.1) is 98.0 Å². The van der Waals surface area contributed by atoms with Crippen molar-refractivity contribution in [1.82, 2.24) is 0 Å². The van der Waals surface area contributed by atoms with E-state index in [-0.39, 0.29) is 85.9 Å². The van der Waals surface area contributed by atoms with E-state index < -0.39 is 85.6 Å². The second kappa shape index (κ2) is 41.5. The van der Waals surface area contributed by atoms with Crippen LogP contribution in [0.1, 0.15) is 50.1 Å². The first-order chi connectivity index (χ1) is 51.0. The van der Waals surface area contributed by atoms with Gasteiger partial charge in [-0.25, -0.2) is 0 Å². The first-order valence-corrected chi connectivity index (χ1v) is 34.5. The first kappa shape index (κ1) is 74.6. The molecule has 2 fully saturated rings. The standard InChI is InChI=1S/C81H85N9O13/c82-88-85-68(55-91-46-59-28-10-1-11-29-59)74(95-50-63-36-18-5-19-37-63)75(96-51-64-38-20-6-21-39-64)69(56-92-47-60-30-12-2-13-31-60)100-80-73(87-90-84)79(99-54-67-44-26-9-27-45-67)77(71(102-80)58-94-49-62-34-16-4-17-35-62)103-81-72(86-89-83)78(98-53-66-42-24-8-25-43-66)76(97-52-65-40-22-7-23-41-65)70(101-81)57-93-48-61-32-14-3-15-33-61/h1-45,68-81H,46-58H2/t68-,69+,70-,71-,72-,73-,74-,75-,76-,77-,78-,79-,80-,81+/m1/s1. The van der Waals surface area contributed by atoms with Gasteiger partial charge in [0.2, 0.25) is 0 Å². The monoisotopic (exact) mass is 1390 g/mol. The van der Waals surface area contributed by atoms with Gasteiger partial charge in [0, 0.05) is 14.7 Å². The van der Waals surface area contributed by atoms with Crippen molar-refractivity contribution in [1.29, 1.82) is 0 Å². The van der Waals surface area contributed by atoms with Gasteiger partial charge >= 0.3 is 0 Å². The van der Waals surface area contributed by atoms with Crippen molar-refractivity contribution < 1.29 is 61.6 Å². The second-order valence-corrected chi connectivity index (χ2v) is 24.8. The molecule has 0 bridgehead atoms. The topological polar surface area (TPSA) is 266 Å². The summed E-state index contributed by atoms with van der Waals surface area (Å²) in [5.74, 6) is 0. The Bertz CT molecular complexity index is 4000. The van der Waals surface area contributed by atoms with E-state index in [0.717, 1.165) is 50.1 Å². The van der Waals surface area contributed by atoms with E-state index in [1.165, 1.54) is 0 Å². The Morgan fingerprint density at radius 1 is 0.320 bits per heavy atom. The molecule has 2 aliphatic heterocycles. The maximum absolute atomic E-state index is 11.0. The quantitative estimate of drug-likeness (QED) is 0.0196. The Morgan fingerprint density at radius 2 is 0.631 bits per heavy atom. The molecule has 22 nitrogen and oxygen atoms in total. The number of nitrogens with zero attached hydrogens (tertiary/aromatic N) is 9. The van der Waals surface area contributed by atoms with Crippen LogP contribution in [0.4, 0.5) is 0 Å². The van der Waals surface area contributed by atoms with Crippen molar-refractivity contribution in [2.45, 2.75) is 145 Å². The molecular weight excluding hydrogens is 1310 g/mol. The number of azide groups is 3. The first-order valence-electron chi connectivity index (χ1n) is 34.5. The molecule has 2 aliphatic rings. The van der Waals surface area contributed by atoms with E-state index in [2.05, 4.69) is 30.1 Å². The van der Waals surface area contributed by atoms with Crippen molar-refractivity contribution in [2.24, 2.45) is 15.3 Å². The maximum Gasteiger partial charge on any atom is 0.169 e. The maximum atomic E-state index is 11.0. The number of rotatable bonds is 41. The lowest BCUT2D eigenvalue weighted by Gasteiger charge is -2.49. The van der Waals surface area contributed by atoms with Gasteiger partial charge in [-0.05, 0) is 66.7 Å². The molecule has 22 heteroatoms. The van der Waals surface area contributed by atoms with Gasteiger partial charge in [0.1, 0.15) is 60.9 Å². The molecule has 532 valence electrons. The van der Waals surface area contributed by atoms with Gasteiger partial charge in [-0.15, -0.1) is 0 Å². The van der Waals surface area contributed by atoms with Gasteiger partial charge < -0.3 is 61.6 Å². The van der Waals surface area contributed by atoms with Crippen molar-refractivity contribution in [3.8, 4) is 0 Å². The highest BCUT2D eigenvalue weighted by Gasteiger charge is 2.55. The summed E-state index contributed by atoms with van der Waals surface area (Å²) in [6, 6.07) is 82.9. The molecule has 0 saturated carbocycles. The normalized spacial score (nSPS) is 21.3. The molecule has 0 N–H and O–H groups in total. The predicted octanol–water partition coefficient (Wildman–Crippen LogP) is 16.0. The van der Waals surface area contributed by atoms with E-state index in [1.807, 2.05) is 273 Å². The SMILES string of the molecule is [N-]=[N+]=N[C@H]1[C@H](O[C@H]2[C@H](OCc3ccccc3)[C@@H](N=[N+]=[N-])[C@H](O[C@@H](COCc3ccccc3)[C@@H](OCc3ccccc3)[C@H](OCc3ccccc3)[C@@H](COCc3ccccc3)N=[N+]=[N-])O[C@@H]2COCc2ccccc2)O[C@H](COCc2ccccc2)[C@@H](OCc2ccccc2)[C@@H]1OCc1ccccc1. The molecule has 14 atom stereocenters. The van der Waals surface area contributed by atoms with Crippen LogP contribution in [0.15, 0.2) is 288 Å². The highest BCUT2D eigenvalue weighted by Crippen LogP contribution is 2.38. The van der Waals surface area contributed by atoms with Crippen LogP contribution in [0.2, 0.25) is 0 Å². The molecule has 2 saturated heterocycles. The zero-order valence-electron chi connectivity index (χ0n) is 57.1. The average Bonchev–Trinajstić information content (AvgIpc) is 0.767. The number of ether oxygens (including phenoxy) is 13. The summed E-state index contributed by atoms with van der Waals surface area (Å²) < 4.78 is 91.0. The van der Waals surface area contributed by atoms with E-state index in [1.54, 1.807) is 0 Å². The third-order valence-corrected chi connectivity index (χ3v) is 17.5. The molecule has 103 heavy (non-hydrogen) atoms. The largest absolute Gasteiger partial charge is 0.376 e. The minimum absolute atomic E-state index is 0.0172. The lowest BCUT2D eigenvalue weighted by molar-refractivity contribution is -0.348. The van der Waals surface area contributed by atoms with Crippen LogP contribution in [0, 0.1) is 0 Å². The Balaban J connectivity index is 1.02. The minimum Gasteiger partial charge on any atom is -0.376 e. The molecule has 9 aromatic rings. The third-order valence-electron chi connectivity index (χ3n) is 17.5. The number of hydrogen-bond acceptors (Lipinski definition) is 16. The fourth-order valence-corrected chi connectivity index (χ4v) is 12.3. The van der Waals surface area contributed by atoms with E-state index in [0.29, 0.717) is 0 Å². The molecule has 0 radical (unpaired) electrons. The summed E-state index contributed by atoms with van der Waals surface area (Å²) in [6.07, 6.45) is -13.2. The second-order valence-electron chi connectivity index (χ2n) is 24.8. The fourth-order valence-electron chi connectivity index (χ4n) is 12.3. The van der Waals surface area contributed by atoms with Gasteiger partial charge in [0.25, 0.3) is 0 Å². The van der Waals surface area contributed by atoms with Crippen LogP contribution in [-0.4, -0.2) is 112 Å². The predicted molar refractivity (Wildman–Crippen MR) is 385 cm³/mol. The summed E-state index contributed by atoms with van der Waals surface area (Å²) in [5.41, 5.74) is 39.9. The van der Waals surface area contributed by atoms with Crippen molar-refractivity contribution in [2.75, 3.05) is 26.4 Å². The van der Waals surface area contributed by atoms with E-state index in [9.17, 15) is 16.6 Å². The minimum atomic E-state index is -1.53. The molecule has 0 spiro atoms. The summed E-state index contributed by atoms with van der Waals surface area (Å²) >= 11 is 0. The van der Waals surface area contributed by atoms with Gasteiger partial charge in [-0.2, -0.15) is 0 Å². The van der Waals surface area contributed by atoms with Crippen LogP contribution in [-0.2, 0) is 121 Å². The molecule has 0 aromatic heterocycles. The molecule has 11 rings (SSSR count). The Kier molecular flexibility index (Phi) is 30.0. The molecule has 2 heterocycles. The average molecular weight is 1390 g/mol. The number of benzene rings is 9. The highest BCUT2D eigenvalue weighted by atomic mass is 16.7. The van der Waals surface area contributed by atoms with Gasteiger partial charge in [-0.1, -0.05) is 288 Å². The van der Waals surface area contributed by atoms with E-state index >= 15 is 0 Å². The van der Waals surface area contributed by atoms with Crippen LogP contribution in [0.3, 0.4) is 0 Å². The molecule has 0 unspecified atom stereocenters. The van der Waals surface area contributed by atoms with Gasteiger partial charge in [-0.3, -0.25) is 0 Å². The van der Waals surface area contributed by atoms with Crippen molar-refractivity contribution >= 4 is 0 Å². The lowest BCUT2D eigenvalue weighted by Crippen LogP contribution is -2.65. The van der Waals surface area contributed by atoms with Crippen molar-refractivity contribution in [3.63, 3.8) is 0 Å². The Hall–Kier alpha value is -9.61. The smallest absolute Gasteiger partial charge is 0.169 e. The van der Waals surface area contributed by atoms with E-state index in [4.69, 9.17) is 61.6 Å².